The summed E-state index contributed by atoms with van der Waals surface area (Å²) in [6.07, 6.45) is 1.74. The fourth-order valence-corrected chi connectivity index (χ4v) is 1.38. The summed E-state index contributed by atoms with van der Waals surface area (Å²) < 4.78 is 1.87. The van der Waals surface area contributed by atoms with Crippen molar-refractivity contribution in [1.29, 1.82) is 0 Å². The van der Waals surface area contributed by atoms with E-state index in [1.54, 1.807) is 32.0 Å². The predicted molar refractivity (Wildman–Crippen MR) is 61.1 cm³/mol. The first-order chi connectivity index (χ1) is 7.39. The van der Waals surface area contributed by atoms with Gasteiger partial charge in [0.2, 0.25) is 0 Å². The summed E-state index contributed by atoms with van der Waals surface area (Å²) in [4.78, 5) is 12.9. The van der Waals surface area contributed by atoms with Gasteiger partial charge in [-0.1, -0.05) is 0 Å². The molecule has 0 bridgehead atoms. The van der Waals surface area contributed by atoms with Crippen LogP contribution in [0, 0.1) is 0 Å². The highest BCUT2D eigenvalue weighted by Crippen LogP contribution is 2.15. The van der Waals surface area contributed by atoms with E-state index in [0.717, 1.165) is 12.2 Å². The number of likely N-dealkylation sites (N-methyl/N-ethyl adjacent to an activating group) is 1. The van der Waals surface area contributed by atoms with Crippen molar-refractivity contribution in [3.63, 3.8) is 0 Å². The van der Waals surface area contributed by atoms with Crippen molar-refractivity contribution >= 4 is 5.97 Å². The molecule has 0 aliphatic heterocycles. The van der Waals surface area contributed by atoms with E-state index in [9.17, 15) is 4.79 Å². The molecule has 0 aromatic carbocycles. The fourth-order valence-electron chi connectivity index (χ4n) is 1.38. The molecular formula is C11H19N3O2. The molecule has 0 radical (unpaired) electrons. The van der Waals surface area contributed by atoms with Crippen molar-refractivity contribution in [2.75, 3.05) is 7.05 Å². The quantitative estimate of drug-likeness (QED) is 0.818. The maximum Gasteiger partial charge on any atom is 0.323 e. The molecule has 1 aromatic rings. The van der Waals surface area contributed by atoms with Gasteiger partial charge < -0.3 is 5.11 Å². The molecule has 0 aliphatic rings. The Labute approximate surface area is 95.7 Å². The molecule has 1 rings (SSSR count). The number of carbonyl (C=O) groups is 1. The van der Waals surface area contributed by atoms with Gasteiger partial charge in [0.1, 0.15) is 5.54 Å². The Morgan fingerprint density at radius 3 is 2.75 bits per heavy atom. The third-order valence-corrected chi connectivity index (χ3v) is 2.98. The molecule has 0 unspecified atom stereocenters. The van der Waals surface area contributed by atoms with E-state index in [0.29, 0.717) is 6.54 Å². The first kappa shape index (κ1) is 12.7. The number of carboxylic acids is 1. The van der Waals surface area contributed by atoms with Crippen LogP contribution in [-0.2, 0) is 17.9 Å². The van der Waals surface area contributed by atoms with Crippen LogP contribution in [0.5, 0.6) is 0 Å². The molecule has 1 aromatic heterocycles. The second-order valence-electron chi connectivity index (χ2n) is 4.36. The molecule has 0 saturated heterocycles. The second kappa shape index (κ2) is 4.65. The van der Waals surface area contributed by atoms with Crippen LogP contribution < -0.4 is 0 Å². The predicted octanol–water partition coefficient (Wildman–Crippen LogP) is 1.20. The minimum atomic E-state index is -0.872. The Bertz CT molecular complexity index is 371. The highest BCUT2D eigenvalue weighted by atomic mass is 16.4. The number of hydrogen-bond donors (Lipinski definition) is 1. The topological polar surface area (TPSA) is 58.4 Å². The number of nitrogens with zero attached hydrogens (tertiary/aromatic N) is 3. The van der Waals surface area contributed by atoms with Crippen LogP contribution in [0.2, 0.25) is 0 Å². The smallest absolute Gasteiger partial charge is 0.323 e. The van der Waals surface area contributed by atoms with Crippen molar-refractivity contribution in [1.82, 2.24) is 14.7 Å². The molecule has 1 heterocycles. The van der Waals surface area contributed by atoms with Crippen molar-refractivity contribution in [2.24, 2.45) is 0 Å². The number of rotatable bonds is 5. The third kappa shape index (κ3) is 2.41. The lowest BCUT2D eigenvalue weighted by Gasteiger charge is -2.31. The Morgan fingerprint density at radius 2 is 2.25 bits per heavy atom. The molecule has 0 fully saturated rings. The second-order valence-corrected chi connectivity index (χ2v) is 4.36. The zero-order valence-corrected chi connectivity index (χ0v) is 10.3. The zero-order valence-electron chi connectivity index (χ0n) is 10.3. The Hall–Kier alpha value is -1.36. The SMILES string of the molecule is CCn1nccc1CN(C)C(C)(C)C(=O)O. The van der Waals surface area contributed by atoms with Crippen molar-refractivity contribution in [3.8, 4) is 0 Å². The number of aryl methyl sites for hydroxylation is 1. The van der Waals surface area contributed by atoms with Gasteiger partial charge >= 0.3 is 5.97 Å². The summed E-state index contributed by atoms with van der Waals surface area (Å²) in [6, 6.07) is 1.91. The summed E-state index contributed by atoms with van der Waals surface area (Å²) in [5.41, 5.74) is 0.155. The molecule has 0 amide bonds. The molecule has 0 atom stereocenters. The van der Waals surface area contributed by atoms with E-state index in [-0.39, 0.29) is 0 Å². The van der Waals surface area contributed by atoms with E-state index in [1.807, 2.05) is 17.7 Å². The van der Waals surface area contributed by atoms with E-state index < -0.39 is 11.5 Å². The zero-order chi connectivity index (χ0) is 12.3. The van der Waals surface area contributed by atoms with Crippen LogP contribution in [-0.4, -0.2) is 38.3 Å². The van der Waals surface area contributed by atoms with Crippen LogP contribution in [0.15, 0.2) is 12.3 Å². The van der Waals surface area contributed by atoms with Crippen molar-refractivity contribution in [2.45, 2.75) is 39.4 Å². The molecule has 16 heavy (non-hydrogen) atoms. The van der Waals surface area contributed by atoms with Gasteiger partial charge in [0.05, 0.1) is 5.69 Å². The van der Waals surface area contributed by atoms with Crippen molar-refractivity contribution in [3.05, 3.63) is 18.0 Å². The average molecular weight is 225 g/mol. The van der Waals surface area contributed by atoms with E-state index in [4.69, 9.17) is 5.11 Å². The molecule has 0 spiro atoms. The fraction of sp³-hybridized carbons (Fsp3) is 0.636. The summed E-state index contributed by atoms with van der Waals surface area (Å²) in [5, 5.41) is 13.3. The average Bonchev–Trinajstić information content (AvgIpc) is 2.64. The summed E-state index contributed by atoms with van der Waals surface area (Å²) in [6.45, 7) is 6.78. The van der Waals surface area contributed by atoms with Gasteiger partial charge in [-0.05, 0) is 33.9 Å². The van der Waals surface area contributed by atoms with Gasteiger partial charge in [-0.2, -0.15) is 5.10 Å². The number of hydrogen-bond acceptors (Lipinski definition) is 3. The van der Waals surface area contributed by atoms with Crippen LogP contribution in [0.4, 0.5) is 0 Å². The van der Waals surface area contributed by atoms with Gasteiger partial charge in [0.25, 0.3) is 0 Å². The molecular weight excluding hydrogens is 206 g/mol. The third-order valence-electron chi connectivity index (χ3n) is 2.98. The van der Waals surface area contributed by atoms with Gasteiger partial charge in [0, 0.05) is 19.3 Å². The molecule has 90 valence electrons. The van der Waals surface area contributed by atoms with Gasteiger partial charge in [-0.25, -0.2) is 0 Å². The maximum atomic E-state index is 11.1. The highest BCUT2D eigenvalue weighted by Gasteiger charge is 2.32. The van der Waals surface area contributed by atoms with Gasteiger partial charge in [-0.3, -0.25) is 14.4 Å². The van der Waals surface area contributed by atoms with E-state index >= 15 is 0 Å². The molecule has 0 aliphatic carbocycles. The lowest BCUT2D eigenvalue weighted by Crippen LogP contribution is -2.47. The Morgan fingerprint density at radius 1 is 1.62 bits per heavy atom. The lowest BCUT2D eigenvalue weighted by molar-refractivity contribution is -0.148. The van der Waals surface area contributed by atoms with E-state index in [2.05, 4.69) is 5.10 Å². The maximum absolute atomic E-state index is 11.1. The van der Waals surface area contributed by atoms with Crippen LogP contribution in [0.3, 0.4) is 0 Å². The molecule has 1 N–H and O–H groups in total. The summed E-state index contributed by atoms with van der Waals surface area (Å²) in [7, 11) is 1.81. The van der Waals surface area contributed by atoms with Crippen molar-refractivity contribution < 1.29 is 9.90 Å². The monoisotopic (exact) mass is 225 g/mol. The number of aromatic nitrogens is 2. The first-order valence-corrected chi connectivity index (χ1v) is 5.35. The van der Waals surface area contributed by atoms with Gasteiger partial charge in [-0.15, -0.1) is 0 Å². The highest BCUT2D eigenvalue weighted by molar-refractivity contribution is 5.77. The largest absolute Gasteiger partial charge is 0.480 e. The van der Waals surface area contributed by atoms with Crippen LogP contribution in [0.1, 0.15) is 26.5 Å². The minimum absolute atomic E-state index is 0.577. The summed E-state index contributed by atoms with van der Waals surface area (Å²) >= 11 is 0. The van der Waals surface area contributed by atoms with Crippen LogP contribution in [0.25, 0.3) is 0 Å². The number of carboxylic acid groups (broad SMARTS) is 1. The van der Waals surface area contributed by atoms with E-state index in [1.165, 1.54) is 0 Å². The van der Waals surface area contributed by atoms with Crippen LogP contribution >= 0.6 is 0 Å². The molecule has 5 nitrogen and oxygen atoms in total. The Kier molecular flexibility index (Phi) is 3.70. The summed E-state index contributed by atoms with van der Waals surface area (Å²) in [5.74, 6) is -0.822. The normalized spacial score (nSPS) is 12.1. The Balaban J connectivity index is 2.78. The standard InChI is InChI=1S/C11H19N3O2/c1-5-14-9(6-7-12-14)8-13(4)11(2,3)10(15)16/h6-7H,5,8H2,1-4H3,(H,15,16). The minimum Gasteiger partial charge on any atom is -0.480 e. The molecule has 5 heteroatoms. The lowest BCUT2D eigenvalue weighted by atomic mass is 10.0. The molecule has 0 saturated carbocycles. The first-order valence-electron chi connectivity index (χ1n) is 5.35. The van der Waals surface area contributed by atoms with Gasteiger partial charge in [0.15, 0.2) is 0 Å². The number of aliphatic carboxylic acids is 1.